The monoisotopic (exact) mass is 385 g/mol. The van der Waals surface area contributed by atoms with Crippen molar-refractivity contribution in [2.24, 2.45) is 0 Å². The van der Waals surface area contributed by atoms with Crippen LogP contribution in [0.1, 0.15) is 11.7 Å². The van der Waals surface area contributed by atoms with Crippen molar-refractivity contribution in [3.8, 4) is 11.4 Å². The van der Waals surface area contributed by atoms with Crippen LogP contribution in [0, 0.1) is 17.5 Å². The molecular formula is C19H14F3N5O. The Morgan fingerprint density at radius 3 is 2.36 bits per heavy atom. The summed E-state index contributed by atoms with van der Waals surface area (Å²) in [4.78, 5) is 0. The fraction of sp³-hybridized carbons (Fsp3) is 0.105. The SMILES string of the molecule is OC(CNc1ccc2nnc(-c3ccccc3F)n2n1)c1c(F)cccc1F. The molecule has 28 heavy (non-hydrogen) atoms. The number of hydrogen-bond donors (Lipinski definition) is 2. The molecule has 2 aromatic heterocycles. The molecule has 0 amide bonds. The van der Waals surface area contributed by atoms with Gasteiger partial charge in [0.25, 0.3) is 0 Å². The van der Waals surface area contributed by atoms with Crippen LogP contribution < -0.4 is 5.32 Å². The summed E-state index contributed by atoms with van der Waals surface area (Å²) in [7, 11) is 0. The number of benzene rings is 2. The summed E-state index contributed by atoms with van der Waals surface area (Å²) in [6.45, 7) is -0.187. The number of aliphatic hydroxyl groups is 1. The second kappa shape index (κ2) is 7.28. The van der Waals surface area contributed by atoms with E-state index >= 15 is 0 Å². The number of fused-ring (bicyclic) bond motifs is 1. The lowest BCUT2D eigenvalue weighted by Gasteiger charge is -2.14. The number of hydrogen-bond acceptors (Lipinski definition) is 5. The van der Waals surface area contributed by atoms with Crippen LogP contribution in [0.4, 0.5) is 19.0 Å². The molecule has 0 saturated heterocycles. The lowest BCUT2D eigenvalue weighted by Crippen LogP contribution is -2.16. The lowest BCUT2D eigenvalue weighted by molar-refractivity contribution is 0.181. The van der Waals surface area contributed by atoms with Crippen molar-refractivity contribution in [1.82, 2.24) is 19.8 Å². The predicted molar refractivity (Wildman–Crippen MR) is 96.0 cm³/mol. The second-order valence-corrected chi connectivity index (χ2v) is 6.02. The summed E-state index contributed by atoms with van der Waals surface area (Å²) in [6, 6.07) is 12.6. The first-order chi connectivity index (χ1) is 13.5. The zero-order valence-corrected chi connectivity index (χ0v) is 14.4. The van der Waals surface area contributed by atoms with Gasteiger partial charge in [0.2, 0.25) is 0 Å². The number of halogens is 3. The molecule has 2 heterocycles. The average Bonchev–Trinajstić information content (AvgIpc) is 3.09. The summed E-state index contributed by atoms with van der Waals surface area (Å²) in [5.41, 5.74) is 0.199. The first kappa shape index (κ1) is 17.9. The molecule has 0 fully saturated rings. The van der Waals surface area contributed by atoms with Crippen LogP contribution in [0.5, 0.6) is 0 Å². The van der Waals surface area contributed by atoms with Gasteiger partial charge in [-0.05, 0) is 36.4 Å². The van der Waals surface area contributed by atoms with Crippen LogP contribution >= 0.6 is 0 Å². The largest absolute Gasteiger partial charge is 0.386 e. The van der Waals surface area contributed by atoms with Crippen molar-refractivity contribution >= 4 is 11.5 Å². The molecule has 0 aliphatic heterocycles. The highest BCUT2D eigenvalue weighted by molar-refractivity contribution is 5.60. The Balaban J connectivity index is 1.60. The maximum Gasteiger partial charge on any atom is 0.188 e. The molecule has 2 N–H and O–H groups in total. The third kappa shape index (κ3) is 3.27. The Labute approximate surface area is 157 Å². The Morgan fingerprint density at radius 2 is 1.61 bits per heavy atom. The summed E-state index contributed by atoms with van der Waals surface area (Å²) in [5.74, 6) is -1.64. The molecule has 6 nitrogen and oxygen atoms in total. The molecular weight excluding hydrogens is 371 g/mol. The van der Waals surface area contributed by atoms with Gasteiger partial charge in [-0.1, -0.05) is 18.2 Å². The van der Waals surface area contributed by atoms with Crippen LogP contribution in [-0.2, 0) is 0 Å². The van der Waals surface area contributed by atoms with Crippen LogP contribution in [-0.4, -0.2) is 31.5 Å². The van der Waals surface area contributed by atoms with Crippen LogP contribution in [0.25, 0.3) is 17.0 Å². The van der Waals surface area contributed by atoms with E-state index in [-0.39, 0.29) is 17.9 Å². The Morgan fingerprint density at radius 1 is 0.893 bits per heavy atom. The number of anilines is 1. The van der Waals surface area contributed by atoms with E-state index in [1.165, 1.54) is 16.6 Å². The molecule has 0 aliphatic rings. The smallest absolute Gasteiger partial charge is 0.188 e. The molecule has 0 aliphatic carbocycles. The quantitative estimate of drug-likeness (QED) is 0.551. The third-order valence-electron chi connectivity index (χ3n) is 4.19. The topological polar surface area (TPSA) is 75.3 Å². The average molecular weight is 385 g/mol. The van der Waals surface area contributed by atoms with Gasteiger partial charge >= 0.3 is 0 Å². The van der Waals surface area contributed by atoms with Gasteiger partial charge in [0, 0.05) is 6.54 Å². The van der Waals surface area contributed by atoms with E-state index in [1.54, 1.807) is 30.3 Å². The predicted octanol–water partition coefficient (Wildman–Crippen LogP) is 3.35. The number of aliphatic hydroxyl groups excluding tert-OH is 1. The minimum atomic E-state index is -1.43. The zero-order chi connectivity index (χ0) is 19.7. The van der Waals surface area contributed by atoms with E-state index < -0.39 is 29.1 Å². The molecule has 0 spiro atoms. The van der Waals surface area contributed by atoms with Gasteiger partial charge in [0.15, 0.2) is 11.5 Å². The molecule has 4 aromatic rings. The zero-order valence-electron chi connectivity index (χ0n) is 14.4. The fourth-order valence-corrected chi connectivity index (χ4v) is 2.83. The van der Waals surface area contributed by atoms with Gasteiger partial charge in [-0.15, -0.1) is 15.3 Å². The van der Waals surface area contributed by atoms with Gasteiger partial charge in [0.1, 0.15) is 29.4 Å². The first-order valence-corrected chi connectivity index (χ1v) is 8.38. The Kier molecular flexibility index (Phi) is 4.66. The maximum absolute atomic E-state index is 14.1. The van der Waals surface area contributed by atoms with E-state index in [0.717, 1.165) is 12.1 Å². The summed E-state index contributed by atoms with van der Waals surface area (Å²) in [5, 5.41) is 25.1. The van der Waals surface area contributed by atoms with E-state index in [4.69, 9.17) is 0 Å². The number of aromatic nitrogens is 4. The first-order valence-electron chi connectivity index (χ1n) is 8.38. The normalized spacial score (nSPS) is 12.3. The van der Waals surface area contributed by atoms with E-state index in [1.807, 2.05) is 0 Å². The fourth-order valence-electron chi connectivity index (χ4n) is 2.83. The minimum absolute atomic E-state index is 0.187. The van der Waals surface area contributed by atoms with Gasteiger partial charge in [-0.3, -0.25) is 0 Å². The summed E-state index contributed by atoms with van der Waals surface area (Å²) in [6.07, 6.45) is -1.43. The molecule has 1 unspecified atom stereocenters. The highest BCUT2D eigenvalue weighted by Crippen LogP contribution is 2.23. The van der Waals surface area contributed by atoms with Crippen molar-refractivity contribution in [3.63, 3.8) is 0 Å². The molecule has 2 aromatic carbocycles. The highest BCUT2D eigenvalue weighted by atomic mass is 19.1. The van der Waals surface area contributed by atoms with Crippen molar-refractivity contribution in [3.05, 3.63) is 77.6 Å². The third-order valence-corrected chi connectivity index (χ3v) is 4.19. The van der Waals surface area contributed by atoms with Crippen LogP contribution in [0.3, 0.4) is 0 Å². The molecule has 4 rings (SSSR count). The van der Waals surface area contributed by atoms with Crippen LogP contribution in [0.15, 0.2) is 54.6 Å². The van der Waals surface area contributed by atoms with Gasteiger partial charge < -0.3 is 10.4 Å². The molecule has 0 saturated carbocycles. The number of rotatable bonds is 5. The molecule has 9 heteroatoms. The lowest BCUT2D eigenvalue weighted by atomic mass is 10.1. The number of nitrogens with one attached hydrogen (secondary N) is 1. The van der Waals surface area contributed by atoms with Gasteiger partial charge in [-0.2, -0.15) is 4.52 Å². The van der Waals surface area contributed by atoms with Crippen molar-refractivity contribution < 1.29 is 18.3 Å². The van der Waals surface area contributed by atoms with Crippen molar-refractivity contribution in [2.75, 3.05) is 11.9 Å². The van der Waals surface area contributed by atoms with E-state index in [2.05, 4.69) is 20.6 Å². The van der Waals surface area contributed by atoms with Gasteiger partial charge in [-0.25, -0.2) is 13.2 Å². The van der Waals surface area contributed by atoms with Crippen molar-refractivity contribution in [1.29, 1.82) is 0 Å². The molecule has 0 radical (unpaired) electrons. The van der Waals surface area contributed by atoms with Crippen molar-refractivity contribution in [2.45, 2.75) is 6.10 Å². The van der Waals surface area contributed by atoms with Gasteiger partial charge in [0.05, 0.1) is 11.1 Å². The second-order valence-electron chi connectivity index (χ2n) is 6.02. The number of nitrogens with zero attached hydrogens (tertiary/aromatic N) is 4. The Hall–Kier alpha value is -3.46. The van der Waals surface area contributed by atoms with E-state index in [9.17, 15) is 18.3 Å². The summed E-state index contributed by atoms with van der Waals surface area (Å²) >= 11 is 0. The standard InChI is InChI=1S/C19H14F3N5O/c20-12-5-2-1-4-11(12)19-25-24-17-9-8-16(26-27(17)19)23-10-15(28)18-13(21)6-3-7-14(18)22/h1-9,15,28H,10H2,(H,23,26). The molecule has 1 atom stereocenters. The summed E-state index contributed by atoms with van der Waals surface area (Å²) < 4.78 is 43.0. The Bertz CT molecular complexity index is 1130. The molecule has 142 valence electrons. The van der Waals surface area contributed by atoms with E-state index in [0.29, 0.717) is 11.5 Å². The molecule has 0 bridgehead atoms. The maximum atomic E-state index is 14.1. The minimum Gasteiger partial charge on any atom is -0.386 e. The van der Waals surface area contributed by atoms with Crippen LogP contribution in [0.2, 0.25) is 0 Å². The highest BCUT2D eigenvalue weighted by Gasteiger charge is 2.18.